The number of carbonyl (C=O) groups is 2. The summed E-state index contributed by atoms with van der Waals surface area (Å²) in [5.74, 6) is 0.838. The van der Waals surface area contributed by atoms with Gasteiger partial charge in [0.05, 0.1) is 12.5 Å². The van der Waals surface area contributed by atoms with Crippen LogP contribution in [0.5, 0.6) is 5.75 Å². The Kier molecular flexibility index (Phi) is 6.65. The molecule has 2 aromatic carbocycles. The summed E-state index contributed by atoms with van der Waals surface area (Å²) < 4.78 is 5.26. The first-order valence-electron chi connectivity index (χ1n) is 11.2. The van der Waals surface area contributed by atoms with Gasteiger partial charge in [-0.25, -0.2) is 4.79 Å². The largest absolute Gasteiger partial charge is 0.497 e. The van der Waals surface area contributed by atoms with Gasteiger partial charge < -0.3 is 25.2 Å². The Morgan fingerprint density at radius 1 is 1.06 bits per heavy atom. The summed E-state index contributed by atoms with van der Waals surface area (Å²) in [4.78, 5) is 30.5. The van der Waals surface area contributed by atoms with Crippen LogP contribution in [0.4, 0.5) is 10.5 Å². The highest BCUT2D eigenvalue weighted by Gasteiger charge is 2.52. The molecule has 0 aromatic heterocycles. The van der Waals surface area contributed by atoms with Gasteiger partial charge in [-0.15, -0.1) is 0 Å². The average molecular weight is 437 g/mol. The van der Waals surface area contributed by atoms with Gasteiger partial charge in [-0.2, -0.15) is 0 Å². The molecule has 0 saturated carbocycles. The van der Waals surface area contributed by atoms with Crippen LogP contribution in [0.15, 0.2) is 54.6 Å². The van der Waals surface area contributed by atoms with Crippen LogP contribution in [-0.4, -0.2) is 61.6 Å². The Balaban J connectivity index is 1.42. The number of para-hydroxylation sites is 1. The zero-order valence-electron chi connectivity index (χ0n) is 18.8. The van der Waals surface area contributed by atoms with Crippen molar-refractivity contribution in [3.05, 3.63) is 60.2 Å². The van der Waals surface area contributed by atoms with Crippen molar-refractivity contribution in [3.63, 3.8) is 0 Å². The number of rotatable bonds is 5. The molecule has 2 heterocycles. The number of carbonyl (C=O) groups excluding carboxylic acids is 2. The molecule has 2 fully saturated rings. The van der Waals surface area contributed by atoms with Crippen LogP contribution in [0.3, 0.4) is 0 Å². The van der Waals surface area contributed by atoms with Crippen molar-refractivity contribution in [2.75, 3.05) is 39.1 Å². The van der Waals surface area contributed by atoms with E-state index in [-0.39, 0.29) is 18.0 Å². The molecule has 2 atom stereocenters. The van der Waals surface area contributed by atoms with Gasteiger partial charge in [-0.05, 0) is 62.7 Å². The molecule has 0 unspecified atom stereocenters. The summed E-state index contributed by atoms with van der Waals surface area (Å²) in [6.45, 7) is 2.54. The lowest BCUT2D eigenvalue weighted by Crippen LogP contribution is -2.46. The fraction of sp³-hybridized carbons (Fsp3) is 0.440. The van der Waals surface area contributed by atoms with Gasteiger partial charge >= 0.3 is 6.03 Å². The van der Waals surface area contributed by atoms with Crippen molar-refractivity contribution in [2.45, 2.75) is 31.8 Å². The number of nitrogens with one attached hydrogen (secondary N) is 2. The van der Waals surface area contributed by atoms with Crippen molar-refractivity contribution < 1.29 is 14.3 Å². The first-order chi connectivity index (χ1) is 15.5. The van der Waals surface area contributed by atoms with Crippen LogP contribution < -0.4 is 15.4 Å². The zero-order valence-corrected chi connectivity index (χ0v) is 18.8. The second kappa shape index (κ2) is 9.61. The zero-order chi connectivity index (χ0) is 22.6. The molecule has 4 rings (SSSR count). The van der Waals surface area contributed by atoms with E-state index in [0.29, 0.717) is 26.1 Å². The van der Waals surface area contributed by atoms with E-state index in [1.807, 2.05) is 59.5 Å². The predicted octanol–water partition coefficient (Wildman–Crippen LogP) is 3.33. The number of amides is 3. The Hall–Kier alpha value is -3.06. The summed E-state index contributed by atoms with van der Waals surface area (Å²) >= 11 is 0. The quantitative estimate of drug-likeness (QED) is 0.754. The number of anilines is 1. The maximum atomic E-state index is 13.4. The van der Waals surface area contributed by atoms with E-state index in [1.54, 1.807) is 7.11 Å². The van der Waals surface area contributed by atoms with Crippen molar-refractivity contribution in [1.29, 1.82) is 0 Å². The van der Waals surface area contributed by atoms with Crippen molar-refractivity contribution in [1.82, 2.24) is 15.1 Å². The maximum Gasteiger partial charge on any atom is 0.317 e. The standard InChI is InChI=1S/C25H32N4O3/c1-28-15-12-25(23(30)27-20-8-4-3-5-9-20)13-16-29(14-11-22(25)28)24(31)26-18-19-7-6-10-21(17-19)32-2/h3-10,17,22H,11-16,18H2,1-2H3,(H,26,31)(H,27,30)/t22-,25-/m0/s1. The summed E-state index contributed by atoms with van der Waals surface area (Å²) in [6.07, 6.45) is 2.25. The van der Waals surface area contributed by atoms with Crippen LogP contribution in [0, 0.1) is 5.41 Å². The molecular weight excluding hydrogens is 404 g/mol. The predicted molar refractivity (Wildman–Crippen MR) is 125 cm³/mol. The molecule has 2 N–H and O–H groups in total. The molecule has 2 aromatic rings. The summed E-state index contributed by atoms with van der Waals surface area (Å²) in [6, 6.07) is 17.3. The van der Waals surface area contributed by atoms with Crippen molar-refractivity contribution >= 4 is 17.6 Å². The van der Waals surface area contributed by atoms with Crippen LogP contribution in [0.2, 0.25) is 0 Å². The van der Waals surface area contributed by atoms with E-state index in [1.165, 1.54) is 0 Å². The Bertz CT molecular complexity index is 951. The van der Waals surface area contributed by atoms with Crippen LogP contribution in [-0.2, 0) is 11.3 Å². The number of likely N-dealkylation sites (tertiary alicyclic amines) is 2. The highest BCUT2D eigenvalue weighted by molar-refractivity contribution is 5.96. The molecule has 7 nitrogen and oxygen atoms in total. The number of hydrogen-bond acceptors (Lipinski definition) is 4. The van der Waals surface area contributed by atoms with Gasteiger partial charge in [0.25, 0.3) is 0 Å². The van der Waals surface area contributed by atoms with Crippen LogP contribution in [0.25, 0.3) is 0 Å². The Labute approximate surface area is 189 Å². The number of urea groups is 1. The fourth-order valence-corrected chi connectivity index (χ4v) is 5.06. The fourth-order valence-electron chi connectivity index (χ4n) is 5.06. The number of nitrogens with zero attached hydrogens (tertiary/aromatic N) is 2. The minimum atomic E-state index is -0.480. The minimum absolute atomic E-state index is 0.0664. The van der Waals surface area contributed by atoms with E-state index in [4.69, 9.17) is 4.74 Å². The van der Waals surface area contributed by atoms with E-state index >= 15 is 0 Å². The van der Waals surface area contributed by atoms with Gasteiger partial charge in [-0.1, -0.05) is 30.3 Å². The molecule has 7 heteroatoms. The average Bonchev–Trinajstić information content (AvgIpc) is 3.01. The number of benzene rings is 2. The molecule has 170 valence electrons. The third kappa shape index (κ3) is 4.58. The third-order valence-electron chi connectivity index (χ3n) is 6.93. The third-order valence-corrected chi connectivity index (χ3v) is 6.93. The monoisotopic (exact) mass is 436 g/mol. The second-order valence-electron chi connectivity index (χ2n) is 8.76. The molecule has 0 aliphatic carbocycles. The molecule has 2 aliphatic heterocycles. The van der Waals surface area contributed by atoms with E-state index < -0.39 is 5.41 Å². The smallest absolute Gasteiger partial charge is 0.317 e. The molecule has 0 spiro atoms. The highest BCUT2D eigenvalue weighted by atomic mass is 16.5. The normalized spacial score (nSPS) is 23.2. The molecule has 3 amide bonds. The van der Waals surface area contributed by atoms with E-state index in [0.717, 1.165) is 36.4 Å². The summed E-state index contributed by atoms with van der Waals surface area (Å²) in [7, 11) is 3.72. The number of fused-ring (bicyclic) bond motifs is 1. The number of hydrogen-bond donors (Lipinski definition) is 2. The van der Waals surface area contributed by atoms with Crippen molar-refractivity contribution in [3.8, 4) is 5.75 Å². The lowest BCUT2D eigenvalue weighted by Gasteiger charge is -2.34. The lowest BCUT2D eigenvalue weighted by molar-refractivity contribution is -0.127. The molecule has 0 radical (unpaired) electrons. The lowest BCUT2D eigenvalue weighted by atomic mass is 9.75. The first kappa shape index (κ1) is 22.1. The van der Waals surface area contributed by atoms with Gasteiger partial charge in [0, 0.05) is 31.4 Å². The van der Waals surface area contributed by atoms with Gasteiger partial charge in [0.1, 0.15) is 5.75 Å². The van der Waals surface area contributed by atoms with Crippen LogP contribution >= 0.6 is 0 Å². The Morgan fingerprint density at radius 2 is 1.84 bits per heavy atom. The SMILES string of the molecule is COc1cccc(CNC(=O)N2CC[C@@H]3N(C)CC[C@]3(C(=O)Nc3ccccc3)CC2)c1. The maximum absolute atomic E-state index is 13.4. The minimum Gasteiger partial charge on any atom is -0.497 e. The first-order valence-corrected chi connectivity index (χ1v) is 11.2. The molecular formula is C25H32N4O3. The molecule has 0 bridgehead atoms. The van der Waals surface area contributed by atoms with Gasteiger partial charge in [0.2, 0.25) is 5.91 Å². The van der Waals surface area contributed by atoms with Crippen LogP contribution in [0.1, 0.15) is 24.8 Å². The van der Waals surface area contributed by atoms with Gasteiger partial charge in [-0.3, -0.25) is 4.79 Å². The molecule has 2 aliphatic rings. The number of ether oxygens (including phenoxy) is 1. The van der Waals surface area contributed by atoms with Crippen molar-refractivity contribution in [2.24, 2.45) is 5.41 Å². The topological polar surface area (TPSA) is 73.9 Å². The van der Waals surface area contributed by atoms with Gasteiger partial charge in [0.15, 0.2) is 0 Å². The molecule has 2 saturated heterocycles. The Morgan fingerprint density at radius 3 is 2.62 bits per heavy atom. The highest BCUT2D eigenvalue weighted by Crippen LogP contribution is 2.44. The number of methoxy groups -OCH3 is 1. The summed E-state index contributed by atoms with van der Waals surface area (Å²) in [5.41, 5.74) is 1.33. The summed E-state index contributed by atoms with van der Waals surface area (Å²) in [5, 5.41) is 6.15. The van der Waals surface area contributed by atoms with E-state index in [2.05, 4.69) is 22.6 Å². The second-order valence-corrected chi connectivity index (χ2v) is 8.76. The molecule has 32 heavy (non-hydrogen) atoms. The van der Waals surface area contributed by atoms with E-state index in [9.17, 15) is 9.59 Å².